The first-order chi connectivity index (χ1) is 27.4. The Morgan fingerprint density at radius 2 is 0.750 bits per heavy atom. The van der Waals surface area contributed by atoms with Crippen molar-refractivity contribution < 1.29 is 38.0 Å². The van der Waals surface area contributed by atoms with Gasteiger partial charge < -0.3 is 39.1 Å². The Kier molecular flexibility index (Phi) is 14.9. The number of rotatable bonds is 16. The molecule has 2 aromatic heterocycles. The normalized spacial score (nSPS) is 11.4. The molecule has 6 aromatic rings. The molecule has 56 heavy (non-hydrogen) atoms. The zero-order valence-electron chi connectivity index (χ0n) is 31.3. The molecule has 0 bridgehead atoms. The van der Waals surface area contributed by atoms with Gasteiger partial charge in [0.1, 0.15) is 0 Å². The molecule has 2 atom stereocenters. The van der Waals surface area contributed by atoms with E-state index in [4.69, 9.17) is 28.4 Å². The van der Waals surface area contributed by atoms with E-state index in [2.05, 4.69) is 30.6 Å². The molecule has 0 aliphatic heterocycles. The standard InChI is InChI=1S/2C21H21N3O4/c2*1-26-17-13-18(27-2)24-21(23-17)28-19(16-11-7-4-8-12-16)20(25)22-14-15-9-5-3-6-10-15/h2*3-13,19H,14H2,1-2H3,(H,22,25). The Morgan fingerprint density at radius 3 is 1.04 bits per heavy atom. The molecule has 14 heteroatoms. The largest absolute Gasteiger partial charge is 0.481 e. The molecule has 0 saturated heterocycles. The van der Waals surface area contributed by atoms with E-state index >= 15 is 0 Å². The van der Waals surface area contributed by atoms with Crippen molar-refractivity contribution in [1.29, 1.82) is 0 Å². The maximum Gasteiger partial charge on any atom is 0.324 e. The molecule has 2 N–H and O–H groups in total. The number of aromatic nitrogens is 4. The molecular weight excluding hydrogens is 716 g/mol. The third-order valence-corrected chi connectivity index (χ3v) is 7.90. The van der Waals surface area contributed by atoms with Crippen LogP contribution in [0.25, 0.3) is 0 Å². The van der Waals surface area contributed by atoms with Crippen LogP contribution in [0.5, 0.6) is 35.5 Å². The van der Waals surface area contributed by atoms with E-state index in [9.17, 15) is 9.59 Å². The SMILES string of the molecule is COc1cc(OC)nc(OC(C(=O)NCc2ccccc2)c2ccccc2)n1.COc1cc(OC)nc(OC(C(=O)NCc2ccccc2)c2ccccc2)n1. The summed E-state index contributed by atoms with van der Waals surface area (Å²) < 4.78 is 32.2. The van der Waals surface area contributed by atoms with Gasteiger partial charge in [0.25, 0.3) is 11.8 Å². The van der Waals surface area contributed by atoms with Gasteiger partial charge in [-0.1, -0.05) is 121 Å². The Morgan fingerprint density at radius 1 is 0.464 bits per heavy atom. The van der Waals surface area contributed by atoms with Crippen molar-refractivity contribution in [2.75, 3.05) is 28.4 Å². The maximum absolute atomic E-state index is 12.9. The summed E-state index contributed by atoms with van der Waals surface area (Å²) >= 11 is 0. The topological polar surface area (TPSA) is 165 Å². The summed E-state index contributed by atoms with van der Waals surface area (Å²) in [5, 5.41) is 5.79. The zero-order valence-corrected chi connectivity index (χ0v) is 31.3. The smallest absolute Gasteiger partial charge is 0.324 e. The van der Waals surface area contributed by atoms with Gasteiger partial charge in [0.2, 0.25) is 35.7 Å². The molecule has 4 aromatic carbocycles. The molecule has 0 spiro atoms. The minimum atomic E-state index is -0.929. The van der Waals surface area contributed by atoms with Crippen LogP contribution in [0.15, 0.2) is 133 Å². The van der Waals surface area contributed by atoms with Gasteiger partial charge in [-0.15, -0.1) is 0 Å². The van der Waals surface area contributed by atoms with Gasteiger partial charge in [0, 0.05) is 24.2 Å². The van der Waals surface area contributed by atoms with Gasteiger partial charge in [-0.05, 0) is 11.1 Å². The molecular formula is C42H42N6O8. The number of hydrogen-bond acceptors (Lipinski definition) is 12. The second kappa shape index (κ2) is 20.9. The predicted octanol–water partition coefficient (Wildman–Crippen LogP) is 5.86. The third-order valence-electron chi connectivity index (χ3n) is 7.90. The van der Waals surface area contributed by atoms with Crippen molar-refractivity contribution >= 4 is 11.8 Å². The monoisotopic (exact) mass is 758 g/mol. The predicted molar refractivity (Wildman–Crippen MR) is 206 cm³/mol. The number of carbonyl (C=O) groups excluding carboxylic acids is 2. The minimum absolute atomic E-state index is 0.0140. The number of amides is 2. The van der Waals surface area contributed by atoms with E-state index in [1.807, 2.05) is 121 Å². The fraction of sp³-hybridized carbons (Fsp3) is 0.190. The second-order valence-corrected chi connectivity index (χ2v) is 11.7. The van der Waals surface area contributed by atoms with Crippen molar-refractivity contribution in [2.24, 2.45) is 0 Å². The number of methoxy groups -OCH3 is 4. The first kappa shape index (κ1) is 40.0. The number of nitrogens with zero attached hydrogens (tertiary/aromatic N) is 4. The molecule has 0 fully saturated rings. The van der Waals surface area contributed by atoms with Gasteiger partial charge in [-0.25, -0.2) is 0 Å². The third kappa shape index (κ3) is 11.9. The lowest BCUT2D eigenvalue weighted by atomic mass is 10.1. The lowest BCUT2D eigenvalue weighted by Crippen LogP contribution is -2.32. The van der Waals surface area contributed by atoms with Crippen molar-refractivity contribution in [2.45, 2.75) is 25.3 Å². The summed E-state index contributed by atoms with van der Waals surface area (Å²) in [6.45, 7) is 0.767. The average Bonchev–Trinajstić information content (AvgIpc) is 3.26. The summed E-state index contributed by atoms with van der Waals surface area (Å²) in [7, 11) is 5.92. The van der Waals surface area contributed by atoms with E-state index < -0.39 is 12.2 Å². The van der Waals surface area contributed by atoms with E-state index in [1.165, 1.54) is 40.6 Å². The zero-order chi connectivity index (χ0) is 39.5. The molecule has 0 aliphatic rings. The van der Waals surface area contributed by atoms with E-state index in [1.54, 1.807) is 0 Å². The van der Waals surface area contributed by atoms with Crippen LogP contribution in [0.4, 0.5) is 0 Å². The number of benzene rings is 4. The number of carbonyl (C=O) groups is 2. The lowest BCUT2D eigenvalue weighted by molar-refractivity contribution is -0.129. The molecule has 0 radical (unpaired) electrons. The van der Waals surface area contributed by atoms with Gasteiger partial charge in [-0.2, -0.15) is 19.9 Å². The highest BCUT2D eigenvalue weighted by atomic mass is 16.5. The molecule has 288 valence electrons. The summed E-state index contributed by atoms with van der Waals surface area (Å²) in [6, 6.07) is 40.6. The highest BCUT2D eigenvalue weighted by molar-refractivity contribution is 5.83. The average molecular weight is 759 g/mol. The van der Waals surface area contributed by atoms with Gasteiger partial charge in [-0.3, -0.25) is 9.59 Å². The summed E-state index contributed by atoms with van der Waals surface area (Å²) in [5.74, 6) is 0.495. The molecule has 6 rings (SSSR count). The molecule has 2 amide bonds. The van der Waals surface area contributed by atoms with Crippen LogP contribution < -0.4 is 39.1 Å². The van der Waals surface area contributed by atoms with Crippen LogP contribution in [-0.4, -0.2) is 60.2 Å². The van der Waals surface area contributed by atoms with Crippen LogP contribution in [0.3, 0.4) is 0 Å². The first-order valence-electron chi connectivity index (χ1n) is 17.4. The van der Waals surface area contributed by atoms with Crippen molar-refractivity contribution in [3.05, 3.63) is 156 Å². The van der Waals surface area contributed by atoms with E-state index in [0.717, 1.165) is 11.1 Å². The molecule has 2 unspecified atom stereocenters. The number of nitrogens with one attached hydrogen (secondary N) is 2. The number of hydrogen-bond donors (Lipinski definition) is 2. The Labute approximate surface area is 324 Å². The Balaban J connectivity index is 0.000000214. The quantitative estimate of drug-likeness (QED) is 0.121. The fourth-order valence-corrected chi connectivity index (χ4v) is 5.06. The van der Waals surface area contributed by atoms with Crippen molar-refractivity contribution in [3.8, 4) is 35.5 Å². The maximum atomic E-state index is 12.9. The minimum Gasteiger partial charge on any atom is -0.481 e. The molecule has 14 nitrogen and oxygen atoms in total. The van der Waals surface area contributed by atoms with E-state index in [0.29, 0.717) is 24.2 Å². The van der Waals surface area contributed by atoms with Gasteiger partial charge in [0.15, 0.2) is 0 Å². The summed E-state index contributed by atoms with van der Waals surface area (Å²) in [6.07, 6.45) is -1.86. The summed E-state index contributed by atoms with van der Waals surface area (Å²) in [4.78, 5) is 42.4. The first-order valence-corrected chi connectivity index (χ1v) is 17.4. The molecule has 2 heterocycles. The van der Waals surface area contributed by atoms with Gasteiger partial charge >= 0.3 is 12.0 Å². The van der Waals surface area contributed by atoms with Crippen molar-refractivity contribution in [3.63, 3.8) is 0 Å². The van der Waals surface area contributed by atoms with Crippen LogP contribution in [-0.2, 0) is 22.7 Å². The van der Waals surface area contributed by atoms with Gasteiger partial charge in [0.05, 0.1) is 40.6 Å². The number of ether oxygens (including phenoxy) is 6. The highest BCUT2D eigenvalue weighted by Crippen LogP contribution is 2.26. The highest BCUT2D eigenvalue weighted by Gasteiger charge is 2.26. The second-order valence-electron chi connectivity index (χ2n) is 11.7. The fourth-order valence-electron chi connectivity index (χ4n) is 5.06. The van der Waals surface area contributed by atoms with Crippen molar-refractivity contribution in [1.82, 2.24) is 30.6 Å². The van der Waals surface area contributed by atoms with Crippen LogP contribution >= 0.6 is 0 Å². The Hall–Kier alpha value is -7.22. The molecule has 0 aliphatic carbocycles. The van der Waals surface area contributed by atoms with E-state index in [-0.39, 0.29) is 47.4 Å². The van der Waals surface area contributed by atoms with Crippen LogP contribution in [0.2, 0.25) is 0 Å². The van der Waals surface area contributed by atoms with Crippen LogP contribution in [0, 0.1) is 0 Å². The lowest BCUT2D eigenvalue weighted by Gasteiger charge is -2.18. The Bertz CT molecular complexity index is 1920. The van der Waals surface area contributed by atoms with Crippen LogP contribution in [0.1, 0.15) is 34.5 Å². The molecule has 0 saturated carbocycles. The summed E-state index contributed by atoms with van der Waals surface area (Å²) in [5.41, 5.74) is 3.33.